The van der Waals surface area contributed by atoms with E-state index >= 15 is 0 Å². The average Bonchev–Trinajstić information content (AvgIpc) is 2.28. The minimum atomic E-state index is 0.497. The Morgan fingerprint density at radius 2 is 2.12 bits per heavy atom. The predicted octanol–water partition coefficient (Wildman–Crippen LogP) is 3.31. The van der Waals surface area contributed by atoms with Crippen molar-refractivity contribution in [3.8, 4) is 5.75 Å². The van der Waals surface area contributed by atoms with Gasteiger partial charge in [0.1, 0.15) is 12.4 Å². The number of anilines is 1. The van der Waals surface area contributed by atoms with E-state index in [1.54, 1.807) is 12.4 Å². The molecule has 0 saturated carbocycles. The Morgan fingerprint density at radius 1 is 1.29 bits per heavy atom. The van der Waals surface area contributed by atoms with Gasteiger partial charge in [0.25, 0.3) is 0 Å². The number of aryl methyl sites for hydroxylation is 1. The lowest BCUT2D eigenvalue weighted by molar-refractivity contribution is 0.303. The number of rotatable bonds is 3. The number of benzene rings is 1. The van der Waals surface area contributed by atoms with E-state index in [0.717, 1.165) is 27.0 Å². The van der Waals surface area contributed by atoms with Crippen LogP contribution in [-0.2, 0) is 6.61 Å². The number of nitrogen functional groups attached to an aromatic ring is 1. The number of ether oxygens (including phenoxy) is 1. The Kier molecular flexibility index (Phi) is 3.64. The maximum Gasteiger partial charge on any atom is 0.122 e. The lowest BCUT2D eigenvalue weighted by atomic mass is 10.2. The first kappa shape index (κ1) is 11.9. The summed E-state index contributed by atoms with van der Waals surface area (Å²) in [5.74, 6) is 0.846. The molecule has 1 heterocycles. The molecule has 0 radical (unpaired) electrons. The molecule has 2 rings (SSSR count). The minimum absolute atomic E-state index is 0.497. The molecule has 0 bridgehead atoms. The van der Waals surface area contributed by atoms with Gasteiger partial charge in [0, 0.05) is 28.1 Å². The fourth-order valence-corrected chi connectivity index (χ4v) is 1.94. The van der Waals surface area contributed by atoms with Gasteiger partial charge < -0.3 is 10.5 Å². The van der Waals surface area contributed by atoms with Crippen LogP contribution in [0.2, 0.25) is 0 Å². The Labute approximate surface area is 109 Å². The first-order valence-corrected chi connectivity index (χ1v) is 6.03. The molecule has 17 heavy (non-hydrogen) atoms. The zero-order valence-electron chi connectivity index (χ0n) is 9.48. The van der Waals surface area contributed by atoms with Crippen molar-refractivity contribution in [3.63, 3.8) is 0 Å². The van der Waals surface area contributed by atoms with Crippen molar-refractivity contribution >= 4 is 21.6 Å². The summed E-state index contributed by atoms with van der Waals surface area (Å²) < 4.78 is 6.67. The van der Waals surface area contributed by atoms with Gasteiger partial charge in [-0.1, -0.05) is 0 Å². The van der Waals surface area contributed by atoms with E-state index in [0.29, 0.717) is 6.61 Å². The maximum absolute atomic E-state index is 5.72. The summed E-state index contributed by atoms with van der Waals surface area (Å²) in [7, 11) is 0. The molecule has 0 atom stereocenters. The van der Waals surface area contributed by atoms with Gasteiger partial charge in [-0.15, -0.1) is 0 Å². The van der Waals surface area contributed by atoms with Gasteiger partial charge in [-0.25, -0.2) is 0 Å². The Morgan fingerprint density at radius 3 is 2.82 bits per heavy atom. The highest BCUT2D eigenvalue weighted by molar-refractivity contribution is 9.10. The monoisotopic (exact) mass is 292 g/mol. The number of nitrogens with zero attached hydrogens (tertiary/aromatic N) is 1. The highest BCUT2D eigenvalue weighted by Crippen LogP contribution is 2.21. The summed E-state index contributed by atoms with van der Waals surface area (Å²) in [5, 5.41) is 0. The number of pyridine rings is 1. The summed E-state index contributed by atoms with van der Waals surface area (Å²) in [4.78, 5) is 4.09. The highest BCUT2D eigenvalue weighted by Gasteiger charge is 2.01. The number of nitrogens with two attached hydrogens (primary N) is 1. The second-order valence-corrected chi connectivity index (χ2v) is 4.74. The van der Waals surface area contributed by atoms with E-state index in [1.807, 2.05) is 31.2 Å². The Balaban J connectivity index is 2.07. The van der Waals surface area contributed by atoms with Gasteiger partial charge >= 0.3 is 0 Å². The van der Waals surface area contributed by atoms with Crippen LogP contribution >= 0.6 is 15.9 Å². The molecule has 1 aromatic carbocycles. The molecule has 2 N–H and O–H groups in total. The number of hydrogen-bond donors (Lipinski definition) is 1. The minimum Gasteiger partial charge on any atom is -0.489 e. The normalized spacial score (nSPS) is 10.2. The van der Waals surface area contributed by atoms with E-state index in [1.165, 1.54) is 0 Å². The lowest BCUT2D eigenvalue weighted by Gasteiger charge is -2.09. The molecular formula is C13H13BrN2O. The third-order valence-electron chi connectivity index (χ3n) is 2.35. The number of hydrogen-bond acceptors (Lipinski definition) is 3. The Hall–Kier alpha value is -1.55. The summed E-state index contributed by atoms with van der Waals surface area (Å²) in [6.45, 7) is 2.47. The fourth-order valence-electron chi connectivity index (χ4n) is 1.53. The summed E-state index contributed by atoms with van der Waals surface area (Å²) in [6.07, 6.45) is 3.54. The molecule has 0 amide bonds. The van der Waals surface area contributed by atoms with Gasteiger partial charge in [-0.2, -0.15) is 0 Å². The molecule has 0 unspecified atom stereocenters. The smallest absolute Gasteiger partial charge is 0.122 e. The molecule has 88 valence electrons. The topological polar surface area (TPSA) is 48.1 Å². The molecule has 0 aliphatic rings. The lowest BCUT2D eigenvalue weighted by Crippen LogP contribution is -1.98. The molecule has 0 saturated heterocycles. The first-order valence-electron chi connectivity index (χ1n) is 5.23. The van der Waals surface area contributed by atoms with Crippen LogP contribution in [-0.4, -0.2) is 4.98 Å². The van der Waals surface area contributed by atoms with Crippen molar-refractivity contribution in [1.29, 1.82) is 0 Å². The molecule has 0 aliphatic heterocycles. The molecule has 0 spiro atoms. The second kappa shape index (κ2) is 5.19. The molecule has 1 aromatic heterocycles. The number of aromatic nitrogens is 1. The van der Waals surface area contributed by atoms with E-state index in [9.17, 15) is 0 Å². The van der Waals surface area contributed by atoms with Crippen molar-refractivity contribution in [2.45, 2.75) is 13.5 Å². The Bertz CT molecular complexity index is 529. The van der Waals surface area contributed by atoms with Gasteiger partial charge in [-0.05, 0) is 52.7 Å². The van der Waals surface area contributed by atoms with Crippen LogP contribution in [0.5, 0.6) is 5.75 Å². The third-order valence-corrected chi connectivity index (χ3v) is 2.79. The maximum atomic E-state index is 5.72. The van der Waals surface area contributed by atoms with Gasteiger partial charge in [0.15, 0.2) is 0 Å². The zero-order chi connectivity index (χ0) is 12.3. The summed E-state index contributed by atoms with van der Waals surface area (Å²) >= 11 is 3.38. The van der Waals surface area contributed by atoms with Crippen molar-refractivity contribution in [3.05, 3.63) is 52.3 Å². The van der Waals surface area contributed by atoms with Crippen molar-refractivity contribution in [2.75, 3.05) is 5.73 Å². The molecule has 4 heteroatoms. The quantitative estimate of drug-likeness (QED) is 0.883. The third kappa shape index (κ3) is 3.20. The van der Waals surface area contributed by atoms with Crippen LogP contribution in [0.1, 0.15) is 11.1 Å². The van der Waals surface area contributed by atoms with Crippen molar-refractivity contribution < 1.29 is 4.74 Å². The first-order chi connectivity index (χ1) is 8.15. The van der Waals surface area contributed by atoms with E-state index in [-0.39, 0.29) is 0 Å². The average molecular weight is 293 g/mol. The van der Waals surface area contributed by atoms with Crippen LogP contribution in [0.15, 0.2) is 41.1 Å². The van der Waals surface area contributed by atoms with E-state index in [4.69, 9.17) is 10.5 Å². The second-order valence-electron chi connectivity index (χ2n) is 3.83. The summed E-state index contributed by atoms with van der Waals surface area (Å²) in [6, 6.07) is 7.60. The largest absolute Gasteiger partial charge is 0.489 e. The van der Waals surface area contributed by atoms with Gasteiger partial charge in [-0.3, -0.25) is 4.98 Å². The van der Waals surface area contributed by atoms with E-state index < -0.39 is 0 Å². The molecule has 3 nitrogen and oxygen atoms in total. The molecular weight excluding hydrogens is 280 g/mol. The van der Waals surface area contributed by atoms with Crippen LogP contribution < -0.4 is 10.5 Å². The number of halogens is 1. The standard InChI is InChI=1S/C13H13BrN2O/c1-9-4-12(15)2-3-13(9)17-8-10-5-11(14)7-16-6-10/h2-7H,8,15H2,1H3. The van der Waals surface area contributed by atoms with Crippen LogP contribution in [0, 0.1) is 6.92 Å². The van der Waals surface area contributed by atoms with Crippen LogP contribution in [0.4, 0.5) is 5.69 Å². The SMILES string of the molecule is Cc1cc(N)ccc1OCc1cncc(Br)c1. The zero-order valence-corrected chi connectivity index (χ0v) is 11.1. The highest BCUT2D eigenvalue weighted by atomic mass is 79.9. The van der Waals surface area contributed by atoms with Crippen LogP contribution in [0.3, 0.4) is 0 Å². The van der Waals surface area contributed by atoms with Crippen molar-refractivity contribution in [2.24, 2.45) is 0 Å². The molecule has 0 aliphatic carbocycles. The van der Waals surface area contributed by atoms with Gasteiger partial charge in [0.05, 0.1) is 0 Å². The molecule has 2 aromatic rings. The van der Waals surface area contributed by atoms with Crippen LogP contribution in [0.25, 0.3) is 0 Å². The fraction of sp³-hybridized carbons (Fsp3) is 0.154. The van der Waals surface area contributed by atoms with E-state index in [2.05, 4.69) is 20.9 Å². The summed E-state index contributed by atoms with van der Waals surface area (Å²) in [5.41, 5.74) is 8.49. The predicted molar refractivity (Wildman–Crippen MR) is 71.9 cm³/mol. The molecule has 0 fully saturated rings. The van der Waals surface area contributed by atoms with Crippen molar-refractivity contribution in [1.82, 2.24) is 4.98 Å². The van der Waals surface area contributed by atoms with Gasteiger partial charge in [0.2, 0.25) is 0 Å².